The second kappa shape index (κ2) is 7.32. The van der Waals surface area contributed by atoms with E-state index in [0.717, 1.165) is 48.7 Å². The van der Waals surface area contributed by atoms with Gasteiger partial charge < -0.3 is 4.74 Å². The number of rotatable bonds is 5. The number of piperidine rings is 3. The van der Waals surface area contributed by atoms with E-state index in [1.54, 1.807) is 12.1 Å². The molecule has 4 heterocycles. The zero-order chi connectivity index (χ0) is 19.0. The average molecular weight is 389 g/mol. The highest BCUT2D eigenvalue weighted by molar-refractivity contribution is 7.13. The highest BCUT2D eigenvalue weighted by Gasteiger charge is 2.37. The smallest absolute Gasteiger partial charge is 0.307 e. The molecule has 3 fully saturated rings. The fraction of sp³-hybridized carbons (Fsp3) is 0.524. The van der Waals surface area contributed by atoms with E-state index in [0.29, 0.717) is 12.3 Å². The van der Waals surface area contributed by atoms with Gasteiger partial charge in [-0.3, -0.25) is 9.69 Å². The van der Waals surface area contributed by atoms with E-state index in [1.807, 2.05) is 19.2 Å². The highest BCUT2D eigenvalue weighted by atomic mass is 32.1. The van der Waals surface area contributed by atoms with E-state index in [9.17, 15) is 9.18 Å². The topological polar surface area (TPSA) is 42.4 Å². The Morgan fingerprint density at radius 1 is 1.30 bits per heavy atom. The summed E-state index contributed by atoms with van der Waals surface area (Å²) in [6.07, 6.45) is 2.62. The van der Waals surface area contributed by atoms with Gasteiger partial charge in [-0.1, -0.05) is 13.8 Å². The molecule has 0 amide bonds. The molecule has 0 saturated carbocycles. The Bertz CT molecular complexity index is 810. The lowest BCUT2D eigenvalue weighted by Gasteiger charge is -2.44. The van der Waals surface area contributed by atoms with Crippen LogP contribution in [0.15, 0.2) is 29.6 Å². The van der Waals surface area contributed by atoms with Gasteiger partial charge in [-0.05, 0) is 56.1 Å². The van der Waals surface area contributed by atoms with E-state index < -0.39 is 5.41 Å². The van der Waals surface area contributed by atoms with Crippen LogP contribution in [0.4, 0.5) is 4.39 Å². The molecular weight excluding hydrogens is 363 g/mol. The van der Waals surface area contributed by atoms with Gasteiger partial charge in [0.25, 0.3) is 0 Å². The first kappa shape index (κ1) is 18.6. The fourth-order valence-electron chi connectivity index (χ4n) is 4.02. The first-order valence-corrected chi connectivity index (χ1v) is 10.4. The van der Waals surface area contributed by atoms with Crippen molar-refractivity contribution in [1.29, 1.82) is 0 Å². The van der Waals surface area contributed by atoms with Crippen LogP contribution in [0.25, 0.3) is 10.6 Å². The first-order valence-electron chi connectivity index (χ1n) is 9.54. The predicted molar refractivity (Wildman–Crippen MR) is 104 cm³/mol. The molecule has 0 unspecified atom stereocenters. The van der Waals surface area contributed by atoms with Crippen LogP contribution in [0.3, 0.4) is 0 Å². The molecule has 27 heavy (non-hydrogen) atoms. The monoisotopic (exact) mass is 388 g/mol. The maximum absolute atomic E-state index is 13.1. The summed E-state index contributed by atoms with van der Waals surface area (Å²) in [7, 11) is 0. The molecule has 5 rings (SSSR count). The van der Waals surface area contributed by atoms with Crippen molar-refractivity contribution in [3.05, 3.63) is 41.2 Å². The molecular formula is C21H25FN2O2S. The van der Waals surface area contributed by atoms with Crippen LogP contribution in [0, 0.1) is 11.7 Å². The molecule has 1 aromatic heterocycles. The Hall–Kier alpha value is -1.79. The van der Waals surface area contributed by atoms with Crippen molar-refractivity contribution in [1.82, 2.24) is 9.88 Å². The van der Waals surface area contributed by atoms with Gasteiger partial charge in [0.15, 0.2) is 0 Å². The van der Waals surface area contributed by atoms with Gasteiger partial charge in [-0.25, -0.2) is 9.37 Å². The maximum atomic E-state index is 13.1. The molecule has 1 atom stereocenters. The van der Waals surface area contributed by atoms with Gasteiger partial charge in [-0.15, -0.1) is 11.3 Å². The largest absolute Gasteiger partial charge is 0.461 e. The molecule has 0 N–H and O–H groups in total. The third-order valence-electron chi connectivity index (χ3n) is 5.75. The van der Waals surface area contributed by atoms with Crippen molar-refractivity contribution in [2.24, 2.45) is 5.92 Å². The molecule has 144 valence electrons. The lowest BCUT2D eigenvalue weighted by molar-refractivity contribution is -0.160. The number of carbonyl (C=O) groups is 1. The highest BCUT2D eigenvalue weighted by Crippen LogP contribution is 2.34. The van der Waals surface area contributed by atoms with Gasteiger partial charge in [-0.2, -0.15) is 0 Å². The van der Waals surface area contributed by atoms with E-state index >= 15 is 0 Å². The van der Waals surface area contributed by atoms with Crippen molar-refractivity contribution < 1.29 is 13.9 Å². The predicted octanol–water partition coefficient (Wildman–Crippen LogP) is 4.25. The van der Waals surface area contributed by atoms with Crippen LogP contribution in [0.5, 0.6) is 0 Å². The number of hydrogen-bond donors (Lipinski definition) is 0. The summed E-state index contributed by atoms with van der Waals surface area (Å²) in [6, 6.07) is 6.33. The molecule has 4 nitrogen and oxygen atoms in total. The Kier molecular flexibility index (Phi) is 5.03. The number of thiazole rings is 1. The van der Waals surface area contributed by atoms with E-state index in [2.05, 4.69) is 4.90 Å². The number of ether oxygens (including phenoxy) is 1. The molecule has 6 heteroatoms. The minimum absolute atomic E-state index is 0.0426. The number of hydrogen-bond acceptors (Lipinski definition) is 5. The van der Waals surface area contributed by atoms with E-state index in [-0.39, 0.29) is 17.9 Å². The summed E-state index contributed by atoms with van der Waals surface area (Å²) in [6.45, 7) is 7.19. The van der Waals surface area contributed by atoms with Crippen LogP contribution in [0.2, 0.25) is 0 Å². The minimum atomic E-state index is -0.403. The summed E-state index contributed by atoms with van der Waals surface area (Å²) in [5.74, 6) is 0.118. The quantitative estimate of drug-likeness (QED) is 0.718. The Morgan fingerprint density at radius 2 is 2.00 bits per heavy atom. The van der Waals surface area contributed by atoms with Gasteiger partial charge in [0.05, 0.1) is 12.1 Å². The van der Waals surface area contributed by atoms with Crippen LogP contribution < -0.4 is 0 Å². The van der Waals surface area contributed by atoms with Gasteiger partial charge in [0, 0.05) is 22.9 Å². The second-order valence-corrected chi connectivity index (χ2v) is 9.13. The summed E-state index contributed by atoms with van der Waals surface area (Å²) in [5.41, 5.74) is 1.36. The Morgan fingerprint density at radius 3 is 2.63 bits per heavy atom. The number of nitrogens with zero attached hydrogens (tertiary/aromatic N) is 2. The Balaban J connectivity index is 1.41. The summed E-state index contributed by atoms with van der Waals surface area (Å²) in [5, 5.41) is 2.82. The van der Waals surface area contributed by atoms with Crippen molar-refractivity contribution >= 4 is 17.3 Å². The lowest BCUT2D eigenvalue weighted by atomic mass is 9.85. The molecule has 2 bridgehead atoms. The van der Waals surface area contributed by atoms with E-state index in [1.165, 1.54) is 23.5 Å². The first-order chi connectivity index (χ1) is 12.9. The second-order valence-electron chi connectivity index (χ2n) is 8.27. The number of esters is 1. The van der Waals surface area contributed by atoms with Crippen LogP contribution in [-0.2, 0) is 14.9 Å². The standard InChI is InChI=1S/C21H25FN2O2S/c1-21(2,11-19(25)26-17-12-24-9-7-14(17)8-10-24)18-13-27-20(23-18)15-3-5-16(22)6-4-15/h3-6,13-14,17H,7-12H2,1-2H3/t17-/m1/s1. The molecule has 1 aromatic carbocycles. The molecule has 3 saturated heterocycles. The van der Waals surface area contributed by atoms with Crippen LogP contribution >= 0.6 is 11.3 Å². The van der Waals surface area contributed by atoms with Crippen molar-refractivity contribution in [2.75, 3.05) is 19.6 Å². The van der Waals surface area contributed by atoms with Crippen molar-refractivity contribution in [3.63, 3.8) is 0 Å². The number of aromatic nitrogens is 1. The zero-order valence-electron chi connectivity index (χ0n) is 15.8. The molecule has 2 aromatic rings. The molecule has 3 aliphatic heterocycles. The minimum Gasteiger partial charge on any atom is -0.461 e. The van der Waals surface area contributed by atoms with Gasteiger partial charge in [0.1, 0.15) is 16.9 Å². The van der Waals surface area contributed by atoms with Crippen molar-refractivity contribution in [3.8, 4) is 10.6 Å². The molecule has 3 aliphatic rings. The van der Waals surface area contributed by atoms with Crippen LogP contribution in [0.1, 0.15) is 38.8 Å². The van der Waals surface area contributed by atoms with Crippen LogP contribution in [-0.4, -0.2) is 41.6 Å². The number of halogens is 1. The third-order valence-corrected chi connectivity index (χ3v) is 6.65. The third kappa shape index (κ3) is 4.06. The summed E-state index contributed by atoms with van der Waals surface area (Å²) >= 11 is 1.52. The normalized spacial score (nSPS) is 24.8. The lowest BCUT2D eigenvalue weighted by Crippen LogP contribution is -2.52. The van der Waals surface area contributed by atoms with E-state index in [4.69, 9.17) is 9.72 Å². The Labute approximate surface area is 163 Å². The summed E-state index contributed by atoms with van der Waals surface area (Å²) in [4.78, 5) is 19.7. The SMILES string of the molecule is CC(C)(CC(=O)O[C@@H]1CN2CCC1CC2)c1csc(-c2ccc(F)cc2)n1. The number of fused-ring (bicyclic) bond motifs is 3. The van der Waals surface area contributed by atoms with Crippen molar-refractivity contribution in [2.45, 2.75) is 44.6 Å². The number of carbonyl (C=O) groups excluding carboxylic acids is 1. The molecule has 0 aliphatic carbocycles. The summed E-state index contributed by atoms with van der Waals surface area (Å²) < 4.78 is 19.0. The average Bonchev–Trinajstić information content (AvgIpc) is 3.14. The molecule has 0 radical (unpaired) electrons. The maximum Gasteiger partial charge on any atom is 0.307 e. The van der Waals surface area contributed by atoms with Gasteiger partial charge in [0.2, 0.25) is 0 Å². The molecule has 0 spiro atoms. The fourth-order valence-corrected chi connectivity index (χ4v) is 5.03. The van der Waals surface area contributed by atoms with Gasteiger partial charge >= 0.3 is 5.97 Å². The zero-order valence-corrected chi connectivity index (χ0v) is 16.6. The number of benzene rings is 1.